The van der Waals surface area contributed by atoms with Gasteiger partial charge < -0.3 is 9.47 Å². The number of hydrogen-bond acceptors (Lipinski definition) is 8. The highest BCUT2D eigenvalue weighted by atomic mass is 32.2. The van der Waals surface area contributed by atoms with Gasteiger partial charge in [0, 0.05) is 18.8 Å². The molecule has 1 amide bonds. The first kappa shape index (κ1) is 22.8. The van der Waals surface area contributed by atoms with Gasteiger partial charge in [-0.1, -0.05) is 0 Å². The Morgan fingerprint density at radius 1 is 1.28 bits per heavy atom. The third kappa shape index (κ3) is 5.99. The fraction of sp³-hybridized carbons (Fsp3) is 0.389. The van der Waals surface area contributed by atoms with Gasteiger partial charge in [0.15, 0.2) is 5.13 Å². The minimum absolute atomic E-state index is 0.00554. The largest absolute Gasteiger partial charge is 0.497 e. The smallest absolute Gasteiger partial charge is 0.324 e. The van der Waals surface area contributed by atoms with Crippen molar-refractivity contribution in [2.45, 2.75) is 38.3 Å². The monoisotopic (exact) mass is 441 g/mol. The molecule has 2 rings (SSSR count). The van der Waals surface area contributed by atoms with E-state index >= 15 is 0 Å². The lowest BCUT2D eigenvalue weighted by Gasteiger charge is -2.15. The minimum atomic E-state index is -3.90. The molecular weight excluding hydrogens is 418 g/mol. The maximum atomic E-state index is 12.4. The molecule has 158 valence electrons. The van der Waals surface area contributed by atoms with Gasteiger partial charge >= 0.3 is 5.97 Å². The van der Waals surface area contributed by atoms with Crippen molar-refractivity contribution in [2.75, 3.05) is 18.6 Å². The summed E-state index contributed by atoms with van der Waals surface area (Å²) < 4.78 is 37.2. The van der Waals surface area contributed by atoms with Crippen molar-refractivity contribution in [2.24, 2.45) is 0 Å². The number of aromatic nitrogens is 1. The van der Waals surface area contributed by atoms with Crippen LogP contribution in [-0.2, 0) is 31.0 Å². The Balaban J connectivity index is 1.95. The van der Waals surface area contributed by atoms with Crippen molar-refractivity contribution < 1.29 is 27.5 Å². The Kier molecular flexibility index (Phi) is 7.71. The average molecular weight is 442 g/mol. The van der Waals surface area contributed by atoms with Crippen LogP contribution in [0.4, 0.5) is 5.13 Å². The summed E-state index contributed by atoms with van der Waals surface area (Å²) in [7, 11) is -2.42. The standard InChI is InChI=1S/C18H23N3O6S2/c1-5-21(13(3)22)18-19-14(11-28-18)10-27-17(23)12(2)20-29(24,25)16-8-6-15(26-4)7-9-16/h6-9,11-12,20H,5,10H2,1-4H3. The summed E-state index contributed by atoms with van der Waals surface area (Å²) in [5.74, 6) is -0.354. The maximum Gasteiger partial charge on any atom is 0.324 e. The Labute approximate surface area is 173 Å². The first-order valence-corrected chi connectivity index (χ1v) is 11.1. The van der Waals surface area contributed by atoms with Crippen LogP contribution in [0, 0.1) is 0 Å². The molecule has 0 aliphatic heterocycles. The molecule has 0 aliphatic carbocycles. The predicted molar refractivity (Wildman–Crippen MR) is 108 cm³/mol. The molecule has 1 atom stereocenters. The van der Waals surface area contributed by atoms with E-state index in [0.717, 1.165) is 0 Å². The second-order valence-corrected chi connectivity index (χ2v) is 8.56. The number of hydrogen-bond donors (Lipinski definition) is 1. The van der Waals surface area contributed by atoms with Gasteiger partial charge in [-0.2, -0.15) is 4.72 Å². The van der Waals surface area contributed by atoms with Gasteiger partial charge in [-0.3, -0.25) is 14.5 Å². The summed E-state index contributed by atoms with van der Waals surface area (Å²) in [5.41, 5.74) is 0.475. The Morgan fingerprint density at radius 2 is 1.93 bits per heavy atom. The maximum absolute atomic E-state index is 12.4. The molecule has 1 aromatic heterocycles. The van der Waals surface area contributed by atoms with Crippen LogP contribution in [0.2, 0.25) is 0 Å². The number of nitrogens with zero attached hydrogens (tertiary/aromatic N) is 2. The molecule has 1 aromatic carbocycles. The van der Waals surface area contributed by atoms with E-state index in [4.69, 9.17) is 9.47 Å². The molecule has 0 spiro atoms. The molecule has 0 saturated carbocycles. The van der Waals surface area contributed by atoms with Crippen LogP contribution < -0.4 is 14.4 Å². The number of ether oxygens (including phenoxy) is 2. The van der Waals surface area contributed by atoms with E-state index in [1.807, 2.05) is 6.92 Å². The Morgan fingerprint density at radius 3 is 2.48 bits per heavy atom. The van der Waals surface area contributed by atoms with Gasteiger partial charge in [-0.15, -0.1) is 11.3 Å². The number of sulfonamides is 1. The molecule has 0 radical (unpaired) electrons. The van der Waals surface area contributed by atoms with E-state index in [9.17, 15) is 18.0 Å². The van der Waals surface area contributed by atoms with Crippen LogP contribution in [0.5, 0.6) is 5.75 Å². The third-order valence-corrected chi connectivity index (χ3v) is 6.35. The summed E-state index contributed by atoms with van der Waals surface area (Å²) in [4.78, 5) is 29.5. The lowest BCUT2D eigenvalue weighted by molar-refractivity contribution is -0.146. The fourth-order valence-corrected chi connectivity index (χ4v) is 4.46. The number of rotatable bonds is 9. The van der Waals surface area contributed by atoms with Crippen molar-refractivity contribution in [1.82, 2.24) is 9.71 Å². The van der Waals surface area contributed by atoms with Gasteiger partial charge in [0.2, 0.25) is 15.9 Å². The van der Waals surface area contributed by atoms with E-state index in [1.54, 1.807) is 5.38 Å². The molecule has 29 heavy (non-hydrogen) atoms. The van der Waals surface area contributed by atoms with Gasteiger partial charge in [0.05, 0.1) is 17.7 Å². The van der Waals surface area contributed by atoms with Crippen LogP contribution in [0.25, 0.3) is 0 Å². The highest BCUT2D eigenvalue weighted by Gasteiger charge is 2.23. The fourth-order valence-electron chi connectivity index (χ4n) is 2.35. The molecule has 0 fully saturated rings. The molecule has 1 N–H and O–H groups in total. The van der Waals surface area contributed by atoms with Crippen LogP contribution in [-0.4, -0.2) is 45.0 Å². The van der Waals surface area contributed by atoms with Gasteiger partial charge in [-0.25, -0.2) is 13.4 Å². The zero-order valence-corrected chi connectivity index (χ0v) is 18.2. The zero-order valence-electron chi connectivity index (χ0n) is 16.5. The molecule has 0 saturated heterocycles. The number of amides is 1. The SMILES string of the molecule is CCN(C(C)=O)c1nc(COC(=O)C(C)NS(=O)(=O)c2ccc(OC)cc2)cs1. The van der Waals surface area contributed by atoms with Crippen LogP contribution in [0.3, 0.4) is 0 Å². The number of anilines is 1. The number of carbonyl (C=O) groups is 2. The van der Waals surface area contributed by atoms with E-state index in [1.165, 1.54) is 61.5 Å². The number of carbonyl (C=O) groups excluding carboxylic acids is 2. The van der Waals surface area contributed by atoms with E-state index in [2.05, 4.69) is 9.71 Å². The lowest BCUT2D eigenvalue weighted by atomic mass is 10.3. The Bertz CT molecular complexity index is 956. The van der Waals surface area contributed by atoms with Crippen molar-refractivity contribution in [3.63, 3.8) is 0 Å². The number of benzene rings is 1. The van der Waals surface area contributed by atoms with Crippen LogP contribution >= 0.6 is 11.3 Å². The number of methoxy groups -OCH3 is 1. The van der Waals surface area contributed by atoms with E-state index in [0.29, 0.717) is 23.1 Å². The van der Waals surface area contributed by atoms with Crippen molar-refractivity contribution >= 4 is 38.4 Å². The number of nitrogens with one attached hydrogen (secondary N) is 1. The Hall–Kier alpha value is -2.50. The highest BCUT2D eigenvalue weighted by Crippen LogP contribution is 2.21. The minimum Gasteiger partial charge on any atom is -0.497 e. The summed E-state index contributed by atoms with van der Waals surface area (Å²) in [5, 5.41) is 2.19. The average Bonchev–Trinajstić information content (AvgIpc) is 3.14. The summed E-state index contributed by atoms with van der Waals surface area (Å²) in [6.45, 7) is 5.02. The van der Waals surface area contributed by atoms with Crippen LogP contribution in [0.1, 0.15) is 26.5 Å². The predicted octanol–water partition coefficient (Wildman–Crippen LogP) is 1.93. The lowest BCUT2D eigenvalue weighted by Crippen LogP contribution is -2.39. The van der Waals surface area contributed by atoms with Crippen molar-refractivity contribution in [1.29, 1.82) is 0 Å². The second-order valence-electron chi connectivity index (χ2n) is 6.01. The van der Waals surface area contributed by atoms with Crippen LogP contribution in [0.15, 0.2) is 34.5 Å². The quantitative estimate of drug-likeness (QED) is 0.591. The van der Waals surface area contributed by atoms with Gasteiger partial charge in [0.1, 0.15) is 18.4 Å². The number of thiazole rings is 1. The van der Waals surface area contributed by atoms with Crippen molar-refractivity contribution in [3.05, 3.63) is 35.3 Å². The molecule has 2 aromatic rings. The molecule has 0 aliphatic rings. The summed E-state index contributed by atoms with van der Waals surface area (Å²) in [6, 6.07) is 4.69. The second kappa shape index (κ2) is 9.81. The molecule has 1 heterocycles. The number of esters is 1. The molecular formula is C18H23N3O6S2. The van der Waals surface area contributed by atoms with E-state index in [-0.39, 0.29) is 17.4 Å². The molecule has 9 nitrogen and oxygen atoms in total. The third-order valence-electron chi connectivity index (χ3n) is 3.88. The first-order chi connectivity index (χ1) is 13.7. The topological polar surface area (TPSA) is 115 Å². The van der Waals surface area contributed by atoms with Gasteiger partial charge in [0.25, 0.3) is 0 Å². The molecule has 11 heteroatoms. The molecule has 1 unspecified atom stereocenters. The zero-order chi connectivity index (χ0) is 21.6. The first-order valence-electron chi connectivity index (χ1n) is 8.73. The van der Waals surface area contributed by atoms with Gasteiger partial charge in [-0.05, 0) is 38.1 Å². The highest BCUT2D eigenvalue weighted by molar-refractivity contribution is 7.89. The normalized spacial score (nSPS) is 12.3. The van der Waals surface area contributed by atoms with Crippen molar-refractivity contribution in [3.8, 4) is 5.75 Å². The van der Waals surface area contributed by atoms with E-state index < -0.39 is 22.0 Å². The molecule has 0 bridgehead atoms. The summed E-state index contributed by atoms with van der Waals surface area (Å²) >= 11 is 1.26. The summed E-state index contributed by atoms with van der Waals surface area (Å²) in [6.07, 6.45) is 0.